The van der Waals surface area contributed by atoms with Gasteiger partial charge in [-0.05, 0) is 19.4 Å². The standard InChI is InChI=1S/C14H19N3O3S2/c1-8-9(2)22-12-11(8)13(19)17(5-6-20-4)14(16-12)21-7-10(18)15-3/h5-7H2,1-4H3,(H,15,18). The lowest BCUT2D eigenvalue weighted by molar-refractivity contribution is -0.118. The van der Waals surface area contributed by atoms with E-state index in [0.717, 1.165) is 15.3 Å². The molecule has 0 atom stereocenters. The molecule has 0 saturated carbocycles. The Morgan fingerprint density at radius 2 is 2.18 bits per heavy atom. The lowest BCUT2D eigenvalue weighted by Gasteiger charge is -2.11. The highest BCUT2D eigenvalue weighted by molar-refractivity contribution is 7.99. The molecule has 0 radical (unpaired) electrons. The van der Waals surface area contributed by atoms with E-state index < -0.39 is 0 Å². The molecule has 0 saturated heterocycles. The van der Waals surface area contributed by atoms with Crippen molar-refractivity contribution in [3.05, 3.63) is 20.8 Å². The van der Waals surface area contributed by atoms with Crippen LogP contribution in [0.15, 0.2) is 9.95 Å². The van der Waals surface area contributed by atoms with Gasteiger partial charge in [0.1, 0.15) is 4.83 Å². The molecular formula is C14H19N3O3S2. The third-order valence-electron chi connectivity index (χ3n) is 3.38. The first-order chi connectivity index (χ1) is 10.5. The summed E-state index contributed by atoms with van der Waals surface area (Å²) in [6, 6.07) is 0. The minimum absolute atomic E-state index is 0.0664. The van der Waals surface area contributed by atoms with E-state index >= 15 is 0 Å². The van der Waals surface area contributed by atoms with E-state index in [4.69, 9.17) is 4.74 Å². The van der Waals surface area contributed by atoms with Crippen LogP contribution in [0.5, 0.6) is 0 Å². The fourth-order valence-electron chi connectivity index (χ4n) is 2.00. The zero-order valence-corrected chi connectivity index (χ0v) is 14.7. The zero-order valence-electron chi connectivity index (χ0n) is 13.1. The van der Waals surface area contributed by atoms with Gasteiger partial charge in [0.25, 0.3) is 5.56 Å². The van der Waals surface area contributed by atoms with Crippen molar-refractivity contribution in [1.29, 1.82) is 0 Å². The number of nitrogens with one attached hydrogen (secondary N) is 1. The molecule has 0 fully saturated rings. The second kappa shape index (κ2) is 7.26. The van der Waals surface area contributed by atoms with Crippen LogP contribution in [0.2, 0.25) is 0 Å². The Hall–Kier alpha value is -1.38. The summed E-state index contributed by atoms with van der Waals surface area (Å²) in [5.74, 6) is 0.126. The average molecular weight is 341 g/mol. The summed E-state index contributed by atoms with van der Waals surface area (Å²) < 4.78 is 6.67. The van der Waals surface area contributed by atoms with Crippen molar-refractivity contribution in [1.82, 2.24) is 14.9 Å². The lowest BCUT2D eigenvalue weighted by Crippen LogP contribution is -2.26. The van der Waals surface area contributed by atoms with Crippen LogP contribution < -0.4 is 10.9 Å². The van der Waals surface area contributed by atoms with Crippen molar-refractivity contribution in [2.45, 2.75) is 25.5 Å². The van der Waals surface area contributed by atoms with Gasteiger partial charge >= 0.3 is 0 Å². The molecule has 1 N–H and O–H groups in total. The number of carbonyl (C=O) groups excluding carboxylic acids is 1. The molecule has 0 aliphatic carbocycles. The van der Waals surface area contributed by atoms with Crippen molar-refractivity contribution in [2.75, 3.05) is 26.5 Å². The first kappa shape index (κ1) is 17.0. The minimum Gasteiger partial charge on any atom is -0.383 e. The fourth-order valence-corrected chi connectivity index (χ4v) is 3.97. The summed E-state index contributed by atoms with van der Waals surface area (Å²) in [5, 5.41) is 3.79. The number of amides is 1. The third kappa shape index (κ3) is 3.34. The van der Waals surface area contributed by atoms with Crippen LogP contribution in [0.4, 0.5) is 0 Å². The first-order valence-corrected chi connectivity index (χ1v) is 8.62. The Morgan fingerprint density at radius 3 is 2.82 bits per heavy atom. The normalized spacial score (nSPS) is 11.1. The van der Waals surface area contributed by atoms with E-state index in [1.165, 1.54) is 23.1 Å². The van der Waals surface area contributed by atoms with Gasteiger partial charge in [0, 0.05) is 19.0 Å². The number of aromatic nitrogens is 2. The predicted octanol–water partition coefficient (Wildman–Crippen LogP) is 1.56. The molecular weight excluding hydrogens is 322 g/mol. The second-order valence-corrected chi connectivity index (χ2v) is 6.91. The van der Waals surface area contributed by atoms with Gasteiger partial charge in [-0.15, -0.1) is 11.3 Å². The molecule has 22 heavy (non-hydrogen) atoms. The summed E-state index contributed by atoms with van der Waals surface area (Å²) in [5.41, 5.74) is 0.912. The molecule has 1 amide bonds. The maximum atomic E-state index is 12.8. The number of thiophene rings is 1. The van der Waals surface area contributed by atoms with Crippen molar-refractivity contribution in [2.24, 2.45) is 0 Å². The van der Waals surface area contributed by atoms with E-state index in [-0.39, 0.29) is 17.2 Å². The van der Waals surface area contributed by atoms with Gasteiger partial charge in [0.2, 0.25) is 5.91 Å². The number of aryl methyl sites for hydroxylation is 2. The largest absolute Gasteiger partial charge is 0.383 e. The number of thioether (sulfide) groups is 1. The number of hydrogen-bond donors (Lipinski definition) is 1. The topological polar surface area (TPSA) is 73.2 Å². The van der Waals surface area contributed by atoms with Crippen molar-refractivity contribution in [3.8, 4) is 0 Å². The van der Waals surface area contributed by atoms with Crippen molar-refractivity contribution < 1.29 is 9.53 Å². The summed E-state index contributed by atoms with van der Waals surface area (Å²) in [6.07, 6.45) is 0. The van der Waals surface area contributed by atoms with E-state index in [2.05, 4.69) is 10.3 Å². The number of hydrogen-bond acceptors (Lipinski definition) is 6. The van der Waals surface area contributed by atoms with E-state index in [9.17, 15) is 9.59 Å². The molecule has 120 valence electrons. The quantitative estimate of drug-likeness (QED) is 0.638. The molecule has 2 heterocycles. The molecule has 0 spiro atoms. The summed E-state index contributed by atoms with van der Waals surface area (Å²) in [6.45, 7) is 4.76. The lowest BCUT2D eigenvalue weighted by atomic mass is 10.2. The Morgan fingerprint density at radius 1 is 1.45 bits per heavy atom. The molecule has 0 unspecified atom stereocenters. The Kier molecular flexibility index (Phi) is 5.60. The van der Waals surface area contributed by atoms with Crippen LogP contribution in [-0.4, -0.2) is 42.0 Å². The zero-order chi connectivity index (χ0) is 16.3. The SMILES string of the molecule is CNC(=O)CSc1nc2sc(C)c(C)c2c(=O)n1CCOC. The fraction of sp³-hybridized carbons (Fsp3) is 0.500. The Labute approximate surface area is 136 Å². The highest BCUT2D eigenvalue weighted by Crippen LogP contribution is 2.28. The van der Waals surface area contributed by atoms with Gasteiger partial charge in [-0.25, -0.2) is 4.98 Å². The first-order valence-electron chi connectivity index (χ1n) is 6.82. The molecule has 2 rings (SSSR count). The number of nitrogens with zero attached hydrogens (tertiary/aromatic N) is 2. The number of rotatable bonds is 6. The molecule has 8 heteroatoms. The molecule has 2 aromatic rings. The minimum atomic E-state index is -0.101. The number of carbonyl (C=O) groups is 1. The van der Waals surface area contributed by atoms with E-state index in [1.54, 1.807) is 18.7 Å². The Bertz CT molecular complexity index is 752. The number of ether oxygens (including phenoxy) is 1. The second-order valence-electron chi connectivity index (χ2n) is 4.77. The summed E-state index contributed by atoms with van der Waals surface area (Å²) >= 11 is 2.78. The van der Waals surface area contributed by atoms with Crippen LogP contribution >= 0.6 is 23.1 Å². The van der Waals surface area contributed by atoms with Crippen molar-refractivity contribution in [3.63, 3.8) is 0 Å². The monoisotopic (exact) mass is 341 g/mol. The third-order valence-corrected chi connectivity index (χ3v) is 5.46. The maximum absolute atomic E-state index is 12.8. The van der Waals surface area contributed by atoms with Gasteiger partial charge in [-0.2, -0.15) is 0 Å². The maximum Gasteiger partial charge on any atom is 0.263 e. The predicted molar refractivity (Wildman–Crippen MR) is 90.0 cm³/mol. The van der Waals surface area contributed by atoms with Crippen LogP contribution in [0.1, 0.15) is 10.4 Å². The highest BCUT2D eigenvalue weighted by atomic mass is 32.2. The van der Waals surface area contributed by atoms with Crippen molar-refractivity contribution >= 4 is 39.2 Å². The molecule has 0 bridgehead atoms. The molecule has 0 aliphatic heterocycles. The van der Waals surface area contributed by atoms with Gasteiger partial charge in [0.05, 0.1) is 24.3 Å². The molecule has 6 nitrogen and oxygen atoms in total. The van der Waals surface area contributed by atoms with Crippen LogP contribution in [0, 0.1) is 13.8 Å². The average Bonchev–Trinajstić information content (AvgIpc) is 2.79. The van der Waals surface area contributed by atoms with Crippen LogP contribution in [0.3, 0.4) is 0 Å². The highest BCUT2D eigenvalue weighted by Gasteiger charge is 2.17. The van der Waals surface area contributed by atoms with Crippen LogP contribution in [-0.2, 0) is 16.1 Å². The number of fused-ring (bicyclic) bond motifs is 1. The smallest absolute Gasteiger partial charge is 0.263 e. The van der Waals surface area contributed by atoms with E-state index in [1.807, 2.05) is 13.8 Å². The van der Waals surface area contributed by atoms with Gasteiger partial charge in [0.15, 0.2) is 5.16 Å². The molecule has 2 aromatic heterocycles. The summed E-state index contributed by atoms with van der Waals surface area (Å²) in [7, 11) is 3.18. The molecule has 0 aromatic carbocycles. The molecule has 0 aliphatic rings. The summed E-state index contributed by atoms with van der Waals surface area (Å²) in [4.78, 5) is 30.6. The van der Waals surface area contributed by atoms with Crippen LogP contribution in [0.25, 0.3) is 10.2 Å². The Balaban J connectivity index is 2.52. The van der Waals surface area contributed by atoms with Gasteiger partial charge in [-0.1, -0.05) is 11.8 Å². The number of methoxy groups -OCH3 is 1. The van der Waals surface area contributed by atoms with Gasteiger partial charge in [-0.3, -0.25) is 14.2 Å². The van der Waals surface area contributed by atoms with E-state index in [0.29, 0.717) is 23.7 Å². The van der Waals surface area contributed by atoms with Gasteiger partial charge < -0.3 is 10.1 Å².